The van der Waals surface area contributed by atoms with Crippen molar-refractivity contribution in [2.45, 2.75) is 25.8 Å². The molecule has 0 aliphatic carbocycles. The quantitative estimate of drug-likeness (QED) is 0.637. The maximum absolute atomic E-state index is 13.1. The molecule has 0 bridgehead atoms. The van der Waals surface area contributed by atoms with Crippen LogP contribution in [0.5, 0.6) is 0 Å². The Morgan fingerprint density at radius 3 is 2.84 bits per heavy atom. The van der Waals surface area contributed by atoms with Crippen molar-refractivity contribution in [3.63, 3.8) is 0 Å². The van der Waals surface area contributed by atoms with Crippen molar-refractivity contribution in [3.05, 3.63) is 47.4 Å². The number of aryl methyl sites for hydroxylation is 1. The van der Waals surface area contributed by atoms with Gasteiger partial charge < -0.3 is 15.5 Å². The van der Waals surface area contributed by atoms with Crippen LogP contribution in [0.2, 0.25) is 0 Å². The molecule has 0 radical (unpaired) electrons. The Kier molecular flexibility index (Phi) is 5.75. The van der Waals surface area contributed by atoms with Crippen LogP contribution in [0.15, 0.2) is 41.8 Å². The molecule has 32 heavy (non-hydrogen) atoms. The minimum atomic E-state index is -0.210. The minimum absolute atomic E-state index is 0.210. The smallest absolute Gasteiger partial charge is 0.275 e. The van der Waals surface area contributed by atoms with Gasteiger partial charge in [0, 0.05) is 29.6 Å². The molecule has 0 saturated carbocycles. The molecule has 0 unspecified atom stereocenters. The van der Waals surface area contributed by atoms with E-state index in [0.717, 1.165) is 58.3 Å². The first-order chi connectivity index (χ1) is 15.6. The van der Waals surface area contributed by atoms with Crippen LogP contribution in [-0.2, 0) is 4.79 Å². The standard InChI is InChI=1S/C23H27N7OS/c1-15-26-13-21(32-15)28-23(31)22-19-11-16(3-4-20(19)24-7-8-25-22)17-12-27-30(14-17)18-5-9-29(2)10-6-18/h3-4,11-14,18,24H,5-10H2,1-2H3,(H,28,31). The van der Waals surface area contributed by atoms with E-state index in [4.69, 9.17) is 0 Å². The summed E-state index contributed by atoms with van der Waals surface area (Å²) in [5.74, 6) is -0.210. The Morgan fingerprint density at radius 1 is 1.22 bits per heavy atom. The SMILES string of the molecule is Cc1ncc(NC(=O)C2=NCCNc3ccc(-c4cnn(C5CCN(C)CC5)c4)cc32)s1. The van der Waals surface area contributed by atoms with Gasteiger partial charge in [0.1, 0.15) is 10.7 Å². The number of anilines is 2. The van der Waals surface area contributed by atoms with Gasteiger partial charge in [0.05, 0.1) is 30.0 Å². The fraction of sp³-hybridized carbons (Fsp3) is 0.391. The second-order valence-corrected chi connectivity index (χ2v) is 9.59. The molecule has 2 aliphatic rings. The Hall–Kier alpha value is -3.04. The van der Waals surface area contributed by atoms with E-state index < -0.39 is 0 Å². The highest BCUT2D eigenvalue weighted by Crippen LogP contribution is 2.29. The number of hydrogen-bond acceptors (Lipinski definition) is 7. The molecule has 1 amide bonds. The number of thiazole rings is 1. The number of benzodiazepines with no additional fused rings is 1. The molecule has 1 aromatic carbocycles. The van der Waals surface area contributed by atoms with Crippen LogP contribution >= 0.6 is 11.3 Å². The largest absolute Gasteiger partial charge is 0.383 e. The summed E-state index contributed by atoms with van der Waals surface area (Å²) < 4.78 is 2.10. The molecule has 166 valence electrons. The van der Waals surface area contributed by atoms with Crippen molar-refractivity contribution in [2.24, 2.45) is 4.99 Å². The van der Waals surface area contributed by atoms with E-state index in [2.05, 4.69) is 54.6 Å². The number of aliphatic imine (C=N–C) groups is 1. The van der Waals surface area contributed by atoms with Gasteiger partial charge in [0.2, 0.25) is 0 Å². The van der Waals surface area contributed by atoms with Crippen LogP contribution in [0.3, 0.4) is 0 Å². The number of amides is 1. The maximum Gasteiger partial charge on any atom is 0.275 e. The minimum Gasteiger partial charge on any atom is -0.383 e. The molecule has 0 spiro atoms. The number of fused-ring (bicyclic) bond motifs is 1. The zero-order valence-electron chi connectivity index (χ0n) is 18.3. The van der Waals surface area contributed by atoms with Crippen LogP contribution in [0.25, 0.3) is 11.1 Å². The van der Waals surface area contributed by atoms with Crippen molar-refractivity contribution in [1.29, 1.82) is 0 Å². The Bertz CT molecular complexity index is 1160. The number of aromatic nitrogens is 3. The van der Waals surface area contributed by atoms with Gasteiger partial charge in [-0.1, -0.05) is 6.07 Å². The predicted octanol–water partition coefficient (Wildman–Crippen LogP) is 3.44. The van der Waals surface area contributed by atoms with Gasteiger partial charge in [0.25, 0.3) is 5.91 Å². The molecule has 8 nitrogen and oxygen atoms in total. The fourth-order valence-electron chi connectivity index (χ4n) is 4.25. The average molecular weight is 450 g/mol. The number of nitrogens with zero attached hydrogens (tertiary/aromatic N) is 5. The van der Waals surface area contributed by atoms with Crippen molar-refractivity contribution in [3.8, 4) is 11.1 Å². The summed E-state index contributed by atoms with van der Waals surface area (Å²) in [6.07, 6.45) is 7.95. The van der Waals surface area contributed by atoms with E-state index in [0.29, 0.717) is 24.8 Å². The maximum atomic E-state index is 13.1. The molecule has 2 aliphatic heterocycles. The van der Waals surface area contributed by atoms with Crippen molar-refractivity contribution in [2.75, 3.05) is 43.9 Å². The highest BCUT2D eigenvalue weighted by atomic mass is 32.1. The lowest BCUT2D eigenvalue weighted by Crippen LogP contribution is -2.31. The third kappa shape index (κ3) is 4.31. The number of piperidine rings is 1. The highest BCUT2D eigenvalue weighted by molar-refractivity contribution is 7.15. The molecule has 4 heterocycles. The number of hydrogen-bond donors (Lipinski definition) is 2. The second-order valence-electron chi connectivity index (χ2n) is 8.36. The summed E-state index contributed by atoms with van der Waals surface area (Å²) in [6, 6.07) is 6.59. The fourth-order valence-corrected chi connectivity index (χ4v) is 4.92. The lowest BCUT2D eigenvalue weighted by atomic mass is 10.0. The van der Waals surface area contributed by atoms with Crippen LogP contribution in [0, 0.1) is 6.92 Å². The Balaban J connectivity index is 1.42. The number of likely N-dealkylation sites (tertiary alicyclic amines) is 1. The van der Waals surface area contributed by atoms with Gasteiger partial charge in [0.15, 0.2) is 0 Å². The van der Waals surface area contributed by atoms with Gasteiger partial charge in [-0.2, -0.15) is 5.10 Å². The molecular formula is C23H27N7OS. The molecule has 2 aromatic heterocycles. The van der Waals surface area contributed by atoms with Crippen LogP contribution in [0.4, 0.5) is 10.7 Å². The molecule has 3 aromatic rings. The van der Waals surface area contributed by atoms with Crippen LogP contribution in [0.1, 0.15) is 29.5 Å². The predicted molar refractivity (Wildman–Crippen MR) is 129 cm³/mol. The molecule has 5 rings (SSSR count). The van der Waals surface area contributed by atoms with Crippen molar-refractivity contribution >= 4 is 33.6 Å². The van der Waals surface area contributed by atoms with Gasteiger partial charge in [-0.15, -0.1) is 11.3 Å². The van der Waals surface area contributed by atoms with E-state index in [1.807, 2.05) is 25.3 Å². The zero-order chi connectivity index (χ0) is 22.1. The summed E-state index contributed by atoms with van der Waals surface area (Å²) in [5.41, 5.74) is 4.25. The zero-order valence-corrected chi connectivity index (χ0v) is 19.2. The third-order valence-electron chi connectivity index (χ3n) is 6.04. The lowest BCUT2D eigenvalue weighted by molar-refractivity contribution is -0.110. The first kappa shape index (κ1) is 20.8. The third-order valence-corrected chi connectivity index (χ3v) is 6.87. The first-order valence-corrected chi connectivity index (χ1v) is 11.8. The average Bonchev–Trinajstić information content (AvgIpc) is 3.38. The summed E-state index contributed by atoms with van der Waals surface area (Å²) in [7, 11) is 2.17. The number of carbonyl (C=O) groups excluding carboxylic acids is 1. The lowest BCUT2D eigenvalue weighted by Gasteiger charge is -2.28. The number of benzene rings is 1. The Morgan fingerprint density at radius 2 is 2.06 bits per heavy atom. The van der Waals surface area contributed by atoms with E-state index in [1.54, 1.807) is 6.20 Å². The second kappa shape index (κ2) is 8.84. The normalized spacial score (nSPS) is 17.2. The summed E-state index contributed by atoms with van der Waals surface area (Å²) >= 11 is 1.46. The molecular weight excluding hydrogens is 422 g/mol. The summed E-state index contributed by atoms with van der Waals surface area (Å²) in [6.45, 7) is 5.34. The molecule has 2 N–H and O–H groups in total. The summed E-state index contributed by atoms with van der Waals surface area (Å²) in [4.78, 5) is 24.2. The topological polar surface area (TPSA) is 87.4 Å². The van der Waals surface area contributed by atoms with Crippen molar-refractivity contribution < 1.29 is 4.79 Å². The molecule has 1 saturated heterocycles. The number of nitrogens with one attached hydrogen (secondary N) is 2. The number of carbonyl (C=O) groups is 1. The van der Waals surface area contributed by atoms with E-state index in [-0.39, 0.29) is 5.91 Å². The molecule has 0 atom stereocenters. The molecule has 1 fully saturated rings. The van der Waals surface area contributed by atoms with Crippen molar-refractivity contribution in [1.82, 2.24) is 19.7 Å². The molecule has 9 heteroatoms. The van der Waals surface area contributed by atoms with Gasteiger partial charge in [-0.3, -0.25) is 14.5 Å². The Labute approximate surface area is 191 Å². The monoisotopic (exact) mass is 449 g/mol. The first-order valence-electron chi connectivity index (χ1n) is 11.0. The highest BCUT2D eigenvalue weighted by Gasteiger charge is 2.22. The number of rotatable bonds is 4. The van der Waals surface area contributed by atoms with Gasteiger partial charge >= 0.3 is 0 Å². The summed E-state index contributed by atoms with van der Waals surface area (Å²) in [5, 5.41) is 12.6. The van der Waals surface area contributed by atoms with Crippen LogP contribution in [-0.4, -0.2) is 64.5 Å². The van der Waals surface area contributed by atoms with E-state index in [9.17, 15) is 4.79 Å². The van der Waals surface area contributed by atoms with E-state index in [1.165, 1.54) is 11.3 Å². The van der Waals surface area contributed by atoms with E-state index >= 15 is 0 Å². The van der Waals surface area contributed by atoms with Crippen LogP contribution < -0.4 is 10.6 Å². The van der Waals surface area contributed by atoms with Gasteiger partial charge in [-0.05, 0) is 57.6 Å². The van der Waals surface area contributed by atoms with Gasteiger partial charge in [-0.25, -0.2) is 4.98 Å².